The average molecular weight is 180 g/mol. The second-order valence-corrected chi connectivity index (χ2v) is 3.18. The van der Waals surface area contributed by atoms with Crippen molar-refractivity contribution in [1.29, 1.82) is 0 Å². The summed E-state index contributed by atoms with van der Waals surface area (Å²) in [6.07, 6.45) is 8.11. The summed E-state index contributed by atoms with van der Waals surface area (Å²) in [5.74, 6) is 0. The highest BCUT2D eigenvalue weighted by Crippen LogP contribution is 2.33. The summed E-state index contributed by atoms with van der Waals surface area (Å²) in [4.78, 5) is 5.22. The minimum Gasteiger partial charge on any atom is -0.372 e. The zero-order chi connectivity index (χ0) is 9.15. The van der Waals surface area contributed by atoms with Crippen LogP contribution in [-0.2, 0) is 4.74 Å². The van der Waals surface area contributed by atoms with E-state index in [4.69, 9.17) is 4.74 Å². The van der Waals surface area contributed by atoms with Gasteiger partial charge < -0.3 is 4.74 Å². The summed E-state index contributed by atoms with van der Waals surface area (Å²) < 4.78 is 5.36. The van der Waals surface area contributed by atoms with Gasteiger partial charge in [-0.2, -0.15) is 5.10 Å². The van der Waals surface area contributed by atoms with E-state index in [1.165, 1.54) is 17.5 Å². The van der Waals surface area contributed by atoms with E-state index in [2.05, 4.69) is 15.2 Å². The molecule has 0 aromatic carbocycles. The summed E-state index contributed by atoms with van der Waals surface area (Å²) >= 11 is 0. The Hall–Kier alpha value is -1.23. The first kappa shape index (κ1) is 8.37. The predicted octanol–water partition coefficient (Wildman–Crippen LogP) is 0.681. The molecular formula is C8H12N4O. The molecule has 0 amide bonds. The average Bonchev–Trinajstić information content (AvgIpc) is 2.56. The molecule has 2 rings (SSSR count). The first-order chi connectivity index (χ1) is 6.35. The summed E-state index contributed by atoms with van der Waals surface area (Å²) in [6.45, 7) is 0. The van der Waals surface area contributed by atoms with Crippen molar-refractivity contribution in [2.75, 3.05) is 7.11 Å². The Morgan fingerprint density at radius 3 is 2.92 bits per heavy atom. The van der Waals surface area contributed by atoms with Crippen molar-refractivity contribution < 1.29 is 4.74 Å². The zero-order valence-electron chi connectivity index (χ0n) is 7.55. The molecule has 0 bridgehead atoms. The van der Waals surface area contributed by atoms with Gasteiger partial charge in [-0.3, -0.25) is 0 Å². The molecule has 1 aliphatic rings. The van der Waals surface area contributed by atoms with Crippen LogP contribution >= 0.6 is 0 Å². The maximum Gasteiger partial charge on any atom is 0.139 e. The highest BCUT2D eigenvalue weighted by atomic mass is 16.5. The van der Waals surface area contributed by atoms with Crippen molar-refractivity contribution in [1.82, 2.24) is 14.9 Å². The summed E-state index contributed by atoms with van der Waals surface area (Å²) in [6, 6.07) is 0. The van der Waals surface area contributed by atoms with E-state index in [-0.39, 0.29) is 5.60 Å². The maximum atomic E-state index is 5.36. The number of nitrogens with zero attached hydrogens (tertiary/aromatic N) is 4. The lowest BCUT2D eigenvalue weighted by Crippen LogP contribution is -2.40. The van der Waals surface area contributed by atoms with Crippen molar-refractivity contribution in [3.8, 4) is 0 Å². The smallest absolute Gasteiger partial charge is 0.139 e. The molecule has 0 atom stereocenters. The number of hydrogen-bond acceptors (Lipinski definition) is 4. The van der Waals surface area contributed by atoms with Crippen LogP contribution in [0.3, 0.4) is 0 Å². The zero-order valence-corrected chi connectivity index (χ0v) is 7.55. The van der Waals surface area contributed by atoms with E-state index in [1.807, 2.05) is 6.21 Å². The van der Waals surface area contributed by atoms with Gasteiger partial charge in [0.05, 0.1) is 6.21 Å². The Balaban J connectivity index is 2.04. The van der Waals surface area contributed by atoms with Crippen LogP contribution in [0.1, 0.15) is 19.3 Å². The van der Waals surface area contributed by atoms with Crippen molar-refractivity contribution in [2.24, 2.45) is 5.10 Å². The number of hydrogen-bond donors (Lipinski definition) is 0. The molecule has 0 radical (unpaired) electrons. The lowest BCUT2D eigenvalue weighted by Gasteiger charge is -2.36. The molecule has 70 valence electrons. The van der Waals surface area contributed by atoms with Gasteiger partial charge in [0.15, 0.2) is 0 Å². The molecule has 1 heterocycles. The molecule has 0 spiro atoms. The van der Waals surface area contributed by atoms with Crippen LogP contribution in [0.2, 0.25) is 0 Å². The molecule has 1 saturated carbocycles. The van der Waals surface area contributed by atoms with Crippen molar-refractivity contribution in [3.05, 3.63) is 12.7 Å². The topological polar surface area (TPSA) is 52.3 Å². The molecule has 0 unspecified atom stereocenters. The molecule has 0 saturated heterocycles. The molecular weight excluding hydrogens is 168 g/mol. The summed E-state index contributed by atoms with van der Waals surface area (Å²) in [5.41, 5.74) is -0.147. The minimum atomic E-state index is -0.147. The van der Waals surface area contributed by atoms with Crippen LogP contribution < -0.4 is 0 Å². The normalized spacial score (nSPS) is 20.4. The Kier molecular flexibility index (Phi) is 2.10. The van der Waals surface area contributed by atoms with Gasteiger partial charge in [0.2, 0.25) is 0 Å². The number of rotatable bonds is 3. The molecule has 5 nitrogen and oxygen atoms in total. The van der Waals surface area contributed by atoms with E-state index < -0.39 is 0 Å². The predicted molar refractivity (Wildman–Crippen MR) is 47.5 cm³/mol. The minimum absolute atomic E-state index is 0.147. The maximum absolute atomic E-state index is 5.36. The van der Waals surface area contributed by atoms with Crippen LogP contribution in [0.4, 0.5) is 0 Å². The first-order valence-electron chi connectivity index (χ1n) is 4.30. The molecule has 0 N–H and O–H groups in total. The van der Waals surface area contributed by atoms with Crippen LogP contribution in [0.15, 0.2) is 17.8 Å². The SMILES string of the molecule is COC1(/C=N/n2cncn2)CCC1. The van der Waals surface area contributed by atoms with Crippen LogP contribution in [0, 0.1) is 0 Å². The third-order valence-electron chi connectivity index (χ3n) is 2.42. The quantitative estimate of drug-likeness (QED) is 0.643. The second-order valence-electron chi connectivity index (χ2n) is 3.18. The molecule has 1 aromatic heterocycles. The molecule has 0 aliphatic heterocycles. The van der Waals surface area contributed by atoms with E-state index in [0.29, 0.717) is 0 Å². The third-order valence-corrected chi connectivity index (χ3v) is 2.42. The largest absolute Gasteiger partial charge is 0.372 e. The molecule has 13 heavy (non-hydrogen) atoms. The van der Waals surface area contributed by atoms with Gasteiger partial charge in [0.25, 0.3) is 0 Å². The van der Waals surface area contributed by atoms with Gasteiger partial charge in [-0.15, -0.1) is 9.89 Å². The van der Waals surface area contributed by atoms with Gasteiger partial charge in [0.1, 0.15) is 18.3 Å². The molecule has 1 aliphatic carbocycles. The fourth-order valence-corrected chi connectivity index (χ4v) is 1.34. The van der Waals surface area contributed by atoms with Crippen molar-refractivity contribution >= 4 is 6.21 Å². The third kappa shape index (κ3) is 1.60. The highest BCUT2D eigenvalue weighted by Gasteiger charge is 2.35. The fourth-order valence-electron chi connectivity index (χ4n) is 1.34. The summed E-state index contributed by atoms with van der Waals surface area (Å²) in [5, 5.41) is 7.99. The van der Waals surface area contributed by atoms with Crippen LogP contribution in [0.25, 0.3) is 0 Å². The van der Waals surface area contributed by atoms with Gasteiger partial charge in [-0.25, -0.2) is 4.98 Å². The fraction of sp³-hybridized carbons (Fsp3) is 0.625. The molecule has 1 fully saturated rings. The lowest BCUT2D eigenvalue weighted by molar-refractivity contribution is -0.00856. The van der Waals surface area contributed by atoms with E-state index >= 15 is 0 Å². The van der Waals surface area contributed by atoms with Crippen LogP contribution in [0.5, 0.6) is 0 Å². The second kappa shape index (κ2) is 3.26. The van der Waals surface area contributed by atoms with Crippen molar-refractivity contribution in [3.63, 3.8) is 0 Å². The number of aromatic nitrogens is 3. The Labute approximate surface area is 76.4 Å². The van der Waals surface area contributed by atoms with Gasteiger partial charge in [-0.1, -0.05) is 0 Å². The lowest BCUT2D eigenvalue weighted by atomic mass is 9.81. The van der Waals surface area contributed by atoms with Crippen molar-refractivity contribution in [2.45, 2.75) is 24.9 Å². The monoisotopic (exact) mass is 180 g/mol. The number of ether oxygens (including phenoxy) is 1. The summed E-state index contributed by atoms with van der Waals surface area (Å²) in [7, 11) is 1.71. The number of methoxy groups -OCH3 is 1. The van der Waals surface area contributed by atoms with Gasteiger partial charge in [0, 0.05) is 7.11 Å². The van der Waals surface area contributed by atoms with Gasteiger partial charge in [-0.05, 0) is 19.3 Å². The Bertz CT molecular complexity index is 284. The first-order valence-corrected chi connectivity index (χ1v) is 4.30. The van der Waals surface area contributed by atoms with E-state index in [9.17, 15) is 0 Å². The van der Waals surface area contributed by atoms with Crippen LogP contribution in [-0.4, -0.2) is 33.8 Å². The Morgan fingerprint density at radius 2 is 2.46 bits per heavy atom. The molecule has 5 heteroatoms. The highest BCUT2D eigenvalue weighted by molar-refractivity contribution is 5.69. The Morgan fingerprint density at radius 1 is 1.62 bits per heavy atom. The van der Waals surface area contributed by atoms with E-state index in [0.717, 1.165) is 12.8 Å². The van der Waals surface area contributed by atoms with E-state index in [1.54, 1.807) is 13.4 Å². The molecule has 1 aromatic rings. The standard InChI is InChI=1S/C8H12N4O/c1-13-8(3-2-4-8)5-10-12-7-9-6-11-12/h5-7H,2-4H2,1H3/b10-5+. The van der Waals surface area contributed by atoms with Gasteiger partial charge >= 0.3 is 0 Å².